The van der Waals surface area contributed by atoms with Crippen LogP contribution in [0.5, 0.6) is 17.2 Å². The third-order valence-corrected chi connectivity index (χ3v) is 4.70. The van der Waals surface area contributed by atoms with Crippen molar-refractivity contribution in [2.24, 2.45) is 0 Å². The monoisotopic (exact) mass is 426 g/mol. The van der Waals surface area contributed by atoms with Gasteiger partial charge in [-0.2, -0.15) is 0 Å². The molecule has 0 aliphatic carbocycles. The van der Waals surface area contributed by atoms with Gasteiger partial charge >= 0.3 is 5.63 Å². The Morgan fingerprint density at radius 3 is 2.55 bits per heavy atom. The molecule has 0 fully saturated rings. The molecule has 0 bridgehead atoms. The second-order valence-electron chi connectivity index (χ2n) is 7.61. The molecule has 31 heavy (non-hydrogen) atoms. The highest BCUT2D eigenvalue weighted by atomic mass is 16.5. The molecular weight excluding hydrogens is 392 g/mol. The Morgan fingerprint density at radius 1 is 1.03 bits per heavy atom. The van der Waals surface area contributed by atoms with E-state index in [1.54, 1.807) is 6.07 Å². The van der Waals surface area contributed by atoms with Crippen LogP contribution in [0.2, 0.25) is 0 Å². The van der Waals surface area contributed by atoms with Gasteiger partial charge in [0.15, 0.2) is 5.75 Å². The Hall–Kier alpha value is -2.95. The molecule has 0 saturated heterocycles. The van der Waals surface area contributed by atoms with Gasteiger partial charge in [0.25, 0.3) is 0 Å². The lowest BCUT2D eigenvalue weighted by atomic mass is 10.1. The predicted molar refractivity (Wildman–Crippen MR) is 126 cm³/mol. The first-order chi connectivity index (χ1) is 15.0. The molecule has 0 aliphatic rings. The average molecular weight is 427 g/mol. The summed E-state index contributed by atoms with van der Waals surface area (Å²) >= 11 is 0. The zero-order valence-electron chi connectivity index (χ0n) is 19.3. The second-order valence-corrected chi connectivity index (χ2v) is 7.61. The molecule has 2 aromatic rings. The number of fused-ring (bicyclic) bond motifs is 1. The average Bonchev–Trinajstić information content (AvgIpc) is 2.73. The maximum Gasteiger partial charge on any atom is 0.383 e. The summed E-state index contributed by atoms with van der Waals surface area (Å²) in [6.45, 7) is 9.17. The van der Waals surface area contributed by atoms with E-state index < -0.39 is 5.63 Å². The van der Waals surface area contributed by atoms with Gasteiger partial charge in [-0.15, -0.1) is 0 Å². The lowest BCUT2D eigenvalue weighted by Gasteiger charge is -2.12. The Morgan fingerprint density at radius 2 is 1.84 bits per heavy atom. The largest absolute Gasteiger partial charge is 0.493 e. The van der Waals surface area contributed by atoms with Crippen LogP contribution >= 0.6 is 0 Å². The maximum absolute atomic E-state index is 12.5. The normalized spacial score (nSPS) is 11.7. The molecule has 0 saturated carbocycles. The third kappa shape index (κ3) is 7.67. The van der Waals surface area contributed by atoms with Crippen LogP contribution < -0.4 is 19.8 Å². The minimum atomic E-state index is -0.567. The number of allylic oxidation sites excluding steroid dienone is 4. The zero-order chi connectivity index (χ0) is 22.6. The van der Waals surface area contributed by atoms with Crippen LogP contribution in [0, 0.1) is 0 Å². The Balaban J connectivity index is 2.12. The molecule has 0 atom stereocenters. The Kier molecular flexibility index (Phi) is 9.95. The van der Waals surface area contributed by atoms with Crippen LogP contribution in [0.4, 0.5) is 0 Å². The van der Waals surface area contributed by atoms with Crippen molar-refractivity contribution in [1.82, 2.24) is 0 Å². The second kappa shape index (κ2) is 12.7. The van der Waals surface area contributed by atoms with Crippen molar-refractivity contribution in [3.8, 4) is 17.2 Å². The van der Waals surface area contributed by atoms with Crippen LogP contribution in [-0.2, 0) is 0 Å². The number of methoxy groups -OCH3 is 1. The fraction of sp³-hybridized carbons (Fsp3) is 0.423. The van der Waals surface area contributed by atoms with Crippen molar-refractivity contribution in [3.05, 3.63) is 64.1 Å². The number of rotatable bonds is 12. The lowest BCUT2D eigenvalue weighted by molar-refractivity contribution is 0.308. The van der Waals surface area contributed by atoms with Crippen molar-refractivity contribution in [2.75, 3.05) is 20.3 Å². The molecule has 5 nitrogen and oxygen atoms in total. The van der Waals surface area contributed by atoms with Gasteiger partial charge in [-0.1, -0.05) is 36.3 Å². The molecule has 0 amide bonds. The van der Waals surface area contributed by atoms with Crippen molar-refractivity contribution in [2.45, 2.75) is 53.4 Å². The van der Waals surface area contributed by atoms with E-state index in [1.807, 2.05) is 18.2 Å². The molecule has 1 aromatic heterocycles. The van der Waals surface area contributed by atoms with Gasteiger partial charge < -0.3 is 18.6 Å². The summed E-state index contributed by atoms with van der Waals surface area (Å²) in [5, 5.41) is 0.666. The molecular formula is C26H34O5. The molecule has 0 spiro atoms. The predicted octanol–water partition coefficient (Wildman–Crippen LogP) is 6.61. The highest BCUT2D eigenvalue weighted by Gasteiger charge is 2.17. The van der Waals surface area contributed by atoms with E-state index in [4.69, 9.17) is 18.6 Å². The van der Waals surface area contributed by atoms with Gasteiger partial charge in [0.05, 0.1) is 19.1 Å². The molecule has 168 valence electrons. The van der Waals surface area contributed by atoms with Crippen molar-refractivity contribution in [1.29, 1.82) is 0 Å². The molecule has 0 N–H and O–H groups in total. The van der Waals surface area contributed by atoms with Crippen molar-refractivity contribution < 1.29 is 18.6 Å². The molecule has 0 radical (unpaired) electrons. The van der Waals surface area contributed by atoms with Crippen LogP contribution in [0.25, 0.3) is 11.0 Å². The summed E-state index contributed by atoms with van der Waals surface area (Å²) in [5.41, 5.74) is 2.36. The van der Waals surface area contributed by atoms with Crippen molar-refractivity contribution in [3.63, 3.8) is 0 Å². The van der Waals surface area contributed by atoms with E-state index in [0.717, 1.165) is 25.7 Å². The minimum absolute atomic E-state index is 0.0849. The molecule has 1 heterocycles. The van der Waals surface area contributed by atoms with Gasteiger partial charge in [0.2, 0.25) is 5.75 Å². The molecule has 0 aliphatic heterocycles. The van der Waals surface area contributed by atoms with E-state index in [2.05, 4.69) is 45.9 Å². The van der Waals surface area contributed by atoms with Gasteiger partial charge in [0, 0.05) is 6.07 Å². The van der Waals surface area contributed by atoms with Gasteiger partial charge in [0.1, 0.15) is 17.9 Å². The van der Waals surface area contributed by atoms with Crippen LogP contribution in [0.15, 0.2) is 62.9 Å². The minimum Gasteiger partial charge on any atom is -0.493 e. The van der Waals surface area contributed by atoms with Gasteiger partial charge in [-0.25, -0.2) is 4.79 Å². The van der Waals surface area contributed by atoms with E-state index in [1.165, 1.54) is 18.3 Å². The van der Waals surface area contributed by atoms with Crippen LogP contribution in [0.1, 0.15) is 53.4 Å². The summed E-state index contributed by atoms with van der Waals surface area (Å²) in [6, 6.07) is 5.37. The lowest BCUT2D eigenvalue weighted by Crippen LogP contribution is -2.09. The maximum atomic E-state index is 12.5. The number of ether oxygens (including phenoxy) is 3. The van der Waals surface area contributed by atoms with E-state index in [-0.39, 0.29) is 12.4 Å². The number of benzene rings is 1. The van der Waals surface area contributed by atoms with Crippen LogP contribution in [-0.4, -0.2) is 20.3 Å². The van der Waals surface area contributed by atoms with E-state index >= 15 is 0 Å². The first-order valence-corrected chi connectivity index (χ1v) is 10.8. The summed E-state index contributed by atoms with van der Waals surface area (Å²) in [7, 11) is 1.52. The summed E-state index contributed by atoms with van der Waals surface area (Å²) in [5.74, 6) is 1.10. The highest BCUT2D eigenvalue weighted by Crippen LogP contribution is 2.34. The third-order valence-electron chi connectivity index (χ3n) is 4.70. The standard InChI is InChI=1S/C26H34O5/c1-6-7-8-9-16-29-21-13-14-22-23(18-21)31-26(27)25(24(22)28-5)30-17-15-20(4)12-10-11-19(2)3/h7-8,11,13-15,18H,6,9-10,12,16-17H2,1-5H3/b8-7+,20-15+. The molecule has 5 heteroatoms. The number of hydrogen-bond acceptors (Lipinski definition) is 5. The summed E-state index contributed by atoms with van der Waals surface area (Å²) in [6.07, 6.45) is 12.2. The fourth-order valence-electron chi connectivity index (χ4n) is 3.04. The Bertz CT molecular complexity index is 991. The van der Waals surface area contributed by atoms with E-state index in [0.29, 0.717) is 29.1 Å². The first-order valence-electron chi connectivity index (χ1n) is 10.8. The summed E-state index contributed by atoms with van der Waals surface area (Å²) in [4.78, 5) is 12.5. The van der Waals surface area contributed by atoms with Gasteiger partial charge in [-0.3, -0.25) is 0 Å². The highest BCUT2D eigenvalue weighted by molar-refractivity contribution is 5.86. The molecule has 1 aromatic carbocycles. The molecule has 0 unspecified atom stereocenters. The zero-order valence-corrected chi connectivity index (χ0v) is 19.3. The smallest absolute Gasteiger partial charge is 0.383 e. The topological polar surface area (TPSA) is 57.9 Å². The first kappa shape index (κ1) is 24.3. The Labute approximate surface area is 185 Å². The van der Waals surface area contributed by atoms with E-state index in [9.17, 15) is 4.79 Å². The fourth-order valence-corrected chi connectivity index (χ4v) is 3.04. The number of hydrogen-bond donors (Lipinski definition) is 0. The SMILES string of the molecule is CC/C=C/CCOc1ccc2c(OC)c(OC/C=C(\C)CCC=C(C)C)c(=O)oc2c1. The molecule has 2 rings (SSSR count). The quantitative estimate of drug-likeness (QED) is 0.217. The van der Waals surface area contributed by atoms with Crippen LogP contribution in [0.3, 0.4) is 0 Å². The van der Waals surface area contributed by atoms with Crippen molar-refractivity contribution >= 4 is 11.0 Å². The van der Waals surface area contributed by atoms with Gasteiger partial charge in [-0.05, 0) is 64.7 Å². The summed E-state index contributed by atoms with van der Waals surface area (Å²) < 4.78 is 22.5.